The van der Waals surface area contributed by atoms with E-state index in [0.717, 1.165) is 10.7 Å². The molecule has 1 N–H and O–H groups in total. The van der Waals surface area contributed by atoms with Crippen molar-refractivity contribution in [3.63, 3.8) is 0 Å². The van der Waals surface area contributed by atoms with Crippen LogP contribution in [0, 0.1) is 11.3 Å². The second kappa shape index (κ2) is 7.24. The summed E-state index contributed by atoms with van der Waals surface area (Å²) in [6.07, 6.45) is 3.49. The van der Waals surface area contributed by atoms with Crippen molar-refractivity contribution in [3.8, 4) is 5.69 Å². The molecule has 0 saturated heterocycles. The highest BCUT2D eigenvalue weighted by Gasteiger charge is 2.36. The van der Waals surface area contributed by atoms with Crippen molar-refractivity contribution in [3.05, 3.63) is 57.8 Å². The maximum absolute atomic E-state index is 12.6. The number of thioether (sulfide) groups is 1. The number of hydrazone groups is 1. The molecule has 9 heteroatoms. The van der Waals surface area contributed by atoms with Gasteiger partial charge in [0.2, 0.25) is 5.17 Å². The minimum absolute atomic E-state index is 0.0139. The molecule has 1 amide bonds. The Morgan fingerprint density at radius 1 is 1.21 bits per heavy atom. The van der Waals surface area contributed by atoms with E-state index < -0.39 is 5.91 Å². The molecule has 1 aromatic carbocycles. The molecule has 1 aromatic heterocycles. The standard InChI is InChI=1S/C19H15Cl2N5OS/c1-10(2)18-24-26-16(22)13(17(27)23-19(26)28-18)8-11-4-3-7-25(11)12-5-6-14(20)15(21)9-12/h3-10,22H,1-2H3/b13-8+,22-16?. The third-order valence-corrected chi connectivity index (χ3v) is 6.17. The first kappa shape index (κ1) is 19.0. The lowest BCUT2D eigenvalue weighted by molar-refractivity contribution is -0.114. The zero-order chi connectivity index (χ0) is 20.0. The fraction of sp³-hybridized carbons (Fsp3) is 0.158. The second-order valence-corrected chi connectivity index (χ2v) is 8.32. The maximum atomic E-state index is 12.6. The van der Waals surface area contributed by atoms with Gasteiger partial charge in [-0.15, -0.1) is 0 Å². The van der Waals surface area contributed by atoms with Crippen LogP contribution in [0.3, 0.4) is 0 Å². The number of nitrogens with zero attached hydrogens (tertiary/aromatic N) is 4. The molecule has 6 nitrogen and oxygen atoms in total. The Labute approximate surface area is 176 Å². The van der Waals surface area contributed by atoms with Crippen LogP contribution in [0.25, 0.3) is 11.8 Å². The first-order valence-electron chi connectivity index (χ1n) is 8.48. The third-order valence-electron chi connectivity index (χ3n) is 4.22. The summed E-state index contributed by atoms with van der Waals surface area (Å²) in [4.78, 5) is 16.7. The van der Waals surface area contributed by atoms with Gasteiger partial charge in [0.15, 0.2) is 5.84 Å². The molecule has 142 valence electrons. The van der Waals surface area contributed by atoms with Crippen LogP contribution in [-0.2, 0) is 4.79 Å². The van der Waals surface area contributed by atoms with E-state index >= 15 is 0 Å². The van der Waals surface area contributed by atoms with Gasteiger partial charge in [-0.05, 0) is 48.2 Å². The van der Waals surface area contributed by atoms with E-state index in [9.17, 15) is 4.79 Å². The molecule has 0 unspecified atom stereocenters. The monoisotopic (exact) mass is 431 g/mol. The molecule has 2 aliphatic heterocycles. The van der Waals surface area contributed by atoms with E-state index in [1.807, 2.05) is 42.8 Å². The molecule has 0 saturated carbocycles. The summed E-state index contributed by atoms with van der Waals surface area (Å²) < 4.78 is 1.86. The smallest absolute Gasteiger partial charge is 0.283 e. The van der Waals surface area contributed by atoms with Crippen molar-refractivity contribution in [2.45, 2.75) is 13.8 Å². The molecule has 0 fully saturated rings. The Hall–Kier alpha value is -2.35. The number of rotatable bonds is 3. The van der Waals surface area contributed by atoms with Gasteiger partial charge < -0.3 is 4.57 Å². The Morgan fingerprint density at radius 3 is 2.71 bits per heavy atom. The molecule has 3 heterocycles. The van der Waals surface area contributed by atoms with Gasteiger partial charge in [0.05, 0.1) is 15.6 Å². The number of benzene rings is 1. The number of hydrogen-bond donors (Lipinski definition) is 1. The predicted octanol–water partition coefficient (Wildman–Crippen LogP) is 5.06. The summed E-state index contributed by atoms with van der Waals surface area (Å²) in [5, 5.41) is 16.5. The molecule has 0 atom stereocenters. The second-order valence-electron chi connectivity index (χ2n) is 6.51. The number of carbonyl (C=O) groups is 1. The summed E-state index contributed by atoms with van der Waals surface area (Å²) in [5.74, 6) is -0.244. The van der Waals surface area contributed by atoms with Crippen molar-refractivity contribution in [2.75, 3.05) is 0 Å². The van der Waals surface area contributed by atoms with Gasteiger partial charge in [-0.25, -0.2) is 0 Å². The van der Waals surface area contributed by atoms with Crippen LogP contribution < -0.4 is 0 Å². The average molecular weight is 432 g/mol. The molecule has 28 heavy (non-hydrogen) atoms. The van der Waals surface area contributed by atoms with E-state index in [4.69, 9.17) is 28.6 Å². The number of nitrogens with one attached hydrogen (secondary N) is 1. The van der Waals surface area contributed by atoms with Crippen molar-refractivity contribution in [1.82, 2.24) is 9.58 Å². The van der Waals surface area contributed by atoms with Gasteiger partial charge in [-0.3, -0.25) is 10.2 Å². The zero-order valence-corrected chi connectivity index (χ0v) is 17.3. The summed E-state index contributed by atoms with van der Waals surface area (Å²) in [6.45, 7) is 4.02. The van der Waals surface area contributed by atoms with E-state index in [2.05, 4.69) is 10.1 Å². The molecule has 2 aromatic rings. The largest absolute Gasteiger partial charge is 0.317 e. The fourth-order valence-corrected chi connectivity index (χ4v) is 3.95. The number of aromatic nitrogens is 1. The van der Waals surface area contributed by atoms with Gasteiger partial charge in [0.25, 0.3) is 5.91 Å². The highest BCUT2D eigenvalue weighted by molar-refractivity contribution is 8.27. The van der Waals surface area contributed by atoms with Crippen LogP contribution in [0.1, 0.15) is 19.5 Å². The SMILES string of the molecule is CC(C)C1=NN2C(=N)/C(=C\c3cccn3-c3ccc(Cl)c(Cl)c3)C(=O)N=C2S1. The first-order chi connectivity index (χ1) is 13.3. The molecular formula is C19H15Cl2N5OS. The number of carbonyl (C=O) groups excluding carboxylic acids is 1. The number of halogens is 2. The summed E-state index contributed by atoms with van der Waals surface area (Å²) in [6, 6.07) is 8.98. The van der Waals surface area contributed by atoms with Crippen molar-refractivity contribution in [2.24, 2.45) is 16.0 Å². The Kier molecular flexibility index (Phi) is 4.91. The highest BCUT2D eigenvalue weighted by atomic mass is 35.5. The van der Waals surface area contributed by atoms with Crippen molar-refractivity contribution in [1.29, 1.82) is 5.41 Å². The third kappa shape index (κ3) is 3.30. The van der Waals surface area contributed by atoms with Crippen LogP contribution in [0.2, 0.25) is 10.0 Å². The Balaban J connectivity index is 1.73. The Morgan fingerprint density at radius 2 is 2.00 bits per heavy atom. The van der Waals surface area contributed by atoms with Gasteiger partial charge >= 0.3 is 0 Å². The van der Waals surface area contributed by atoms with Gasteiger partial charge in [0.1, 0.15) is 5.04 Å². The Bertz CT molecular complexity index is 1100. The van der Waals surface area contributed by atoms with Crippen molar-refractivity contribution >= 4 is 63.0 Å². The van der Waals surface area contributed by atoms with E-state index in [0.29, 0.717) is 20.9 Å². The summed E-state index contributed by atoms with van der Waals surface area (Å²) >= 11 is 13.5. The summed E-state index contributed by atoms with van der Waals surface area (Å²) in [5.41, 5.74) is 1.69. The lowest BCUT2D eigenvalue weighted by Crippen LogP contribution is -2.35. The number of hydrogen-bond acceptors (Lipinski definition) is 4. The minimum atomic E-state index is -0.453. The van der Waals surface area contributed by atoms with Crippen LogP contribution in [0.15, 0.2) is 52.2 Å². The van der Waals surface area contributed by atoms with Crippen LogP contribution in [0.4, 0.5) is 0 Å². The van der Waals surface area contributed by atoms with Crippen LogP contribution >= 0.6 is 35.0 Å². The van der Waals surface area contributed by atoms with E-state index in [-0.39, 0.29) is 17.3 Å². The summed E-state index contributed by atoms with van der Waals surface area (Å²) in [7, 11) is 0. The zero-order valence-electron chi connectivity index (χ0n) is 15.0. The van der Waals surface area contributed by atoms with E-state index in [1.165, 1.54) is 16.8 Å². The predicted molar refractivity (Wildman–Crippen MR) is 116 cm³/mol. The average Bonchev–Trinajstić information content (AvgIpc) is 3.28. The van der Waals surface area contributed by atoms with Crippen LogP contribution in [0.5, 0.6) is 0 Å². The topological polar surface area (TPSA) is 73.8 Å². The molecule has 0 aliphatic carbocycles. The fourth-order valence-electron chi connectivity index (χ4n) is 2.77. The minimum Gasteiger partial charge on any atom is -0.317 e. The number of amides is 1. The molecule has 2 aliphatic rings. The van der Waals surface area contributed by atoms with Crippen molar-refractivity contribution < 1.29 is 4.79 Å². The number of fused-ring (bicyclic) bond motifs is 1. The highest BCUT2D eigenvalue weighted by Crippen LogP contribution is 2.31. The molecule has 0 bridgehead atoms. The molecule has 0 radical (unpaired) electrons. The molecule has 4 rings (SSSR count). The number of amidine groups is 2. The lowest BCUT2D eigenvalue weighted by atomic mass is 10.1. The first-order valence-corrected chi connectivity index (χ1v) is 10.1. The van der Waals surface area contributed by atoms with Gasteiger partial charge in [-0.1, -0.05) is 37.0 Å². The van der Waals surface area contributed by atoms with Gasteiger partial charge in [0, 0.05) is 23.5 Å². The molecular weight excluding hydrogens is 417 g/mol. The quantitative estimate of drug-likeness (QED) is 0.689. The van der Waals surface area contributed by atoms with Gasteiger partial charge in [-0.2, -0.15) is 15.1 Å². The number of aliphatic imine (C=N–C) groups is 1. The van der Waals surface area contributed by atoms with E-state index in [1.54, 1.807) is 18.2 Å². The van der Waals surface area contributed by atoms with Crippen LogP contribution in [-0.4, -0.2) is 31.5 Å². The normalized spacial score (nSPS) is 18.0. The molecule has 0 spiro atoms. The maximum Gasteiger partial charge on any atom is 0.283 e. The lowest BCUT2D eigenvalue weighted by Gasteiger charge is -2.20.